The number of hydrogen-bond donors (Lipinski definition) is 1. The fraction of sp³-hybridized carbons (Fsp3) is 0.778. The van der Waals surface area contributed by atoms with Crippen molar-refractivity contribution in [2.45, 2.75) is 25.7 Å². The normalized spacial score (nSPS) is 9.91. The van der Waals surface area contributed by atoms with Gasteiger partial charge in [0.15, 0.2) is 0 Å². The maximum absolute atomic E-state index is 8.37. The van der Waals surface area contributed by atoms with Crippen LogP contribution in [-0.2, 0) is 4.74 Å². The Kier molecular flexibility index (Phi) is 9.36. The van der Waals surface area contributed by atoms with Gasteiger partial charge in [0.05, 0.1) is 13.2 Å². The SMILES string of the molecule is C=CCCCCCOCCO. The van der Waals surface area contributed by atoms with Crippen LogP contribution in [0.4, 0.5) is 0 Å². The van der Waals surface area contributed by atoms with Crippen LogP contribution >= 0.6 is 0 Å². The molecule has 0 radical (unpaired) electrons. The summed E-state index contributed by atoms with van der Waals surface area (Å²) in [5.41, 5.74) is 0. The molecule has 0 aliphatic carbocycles. The monoisotopic (exact) mass is 158 g/mol. The molecule has 0 aliphatic rings. The zero-order valence-corrected chi connectivity index (χ0v) is 7.09. The Labute approximate surface area is 68.9 Å². The summed E-state index contributed by atoms with van der Waals surface area (Å²) in [6, 6.07) is 0. The van der Waals surface area contributed by atoms with Crippen molar-refractivity contribution in [2.24, 2.45) is 0 Å². The lowest BCUT2D eigenvalue weighted by molar-refractivity contribution is 0.0896. The largest absolute Gasteiger partial charge is 0.394 e. The lowest BCUT2D eigenvalue weighted by Crippen LogP contribution is -2.00. The zero-order chi connectivity index (χ0) is 8.36. The first-order chi connectivity index (χ1) is 5.41. The van der Waals surface area contributed by atoms with Crippen molar-refractivity contribution < 1.29 is 9.84 Å². The molecule has 0 unspecified atom stereocenters. The second-order valence-electron chi connectivity index (χ2n) is 2.47. The molecule has 0 saturated carbocycles. The van der Waals surface area contributed by atoms with Crippen LogP contribution in [0.1, 0.15) is 25.7 Å². The first-order valence-corrected chi connectivity index (χ1v) is 4.21. The van der Waals surface area contributed by atoms with Crippen molar-refractivity contribution >= 4 is 0 Å². The van der Waals surface area contributed by atoms with Crippen LogP contribution in [-0.4, -0.2) is 24.9 Å². The fourth-order valence-electron chi connectivity index (χ4n) is 0.836. The summed E-state index contributed by atoms with van der Waals surface area (Å²) >= 11 is 0. The highest BCUT2D eigenvalue weighted by molar-refractivity contribution is 4.65. The summed E-state index contributed by atoms with van der Waals surface area (Å²) in [7, 11) is 0. The highest BCUT2D eigenvalue weighted by atomic mass is 16.5. The van der Waals surface area contributed by atoms with Crippen molar-refractivity contribution in [2.75, 3.05) is 19.8 Å². The molecular formula is C9H18O2. The van der Waals surface area contributed by atoms with Gasteiger partial charge in [-0.3, -0.25) is 0 Å². The van der Waals surface area contributed by atoms with Gasteiger partial charge in [0.2, 0.25) is 0 Å². The van der Waals surface area contributed by atoms with Crippen LogP contribution in [0.25, 0.3) is 0 Å². The summed E-state index contributed by atoms with van der Waals surface area (Å²) in [6.07, 6.45) is 6.52. The minimum Gasteiger partial charge on any atom is -0.394 e. The van der Waals surface area contributed by atoms with Gasteiger partial charge in [0, 0.05) is 6.61 Å². The standard InChI is InChI=1S/C9H18O2/c1-2-3-4-5-6-8-11-9-7-10/h2,10H,1,3-9H2. The first kappa shape index (κ1) is 10.7. The molecule has 2 nitrogen and oxygen atoms in total. The predicted octanol–water partition coefficient (Wildman–Crippen LogP) is 1.74. The molecule has 2 heteroatoms. The van der Waals surface area contributed by atoms with E-state index >= 15 is 0 Å². The number of rotatable bonds is 8. The first-order valence-electron chi connectivity index (χ1n) is 4.21. The van der Waals surface area contributed by atoms with E-state index in [2.05, 4.69) is 6.58 Å². The van der Waals surface area contributed by atoms with Gasteiger partial charge in [-0.05, 0) is 19.3 Å². The molecule has 0 bridgehead atoms. The van der Waals surface area contributed by atoms with Crippen LogP contribution in [0, 0.1) is 0 Å². The van der Waals surface area contributed by atoms with Crippen LogP contribution in [0.15, 0.2) is 12.7 Å². The number of ether oxygens (including phenoxy) is 1. The molecule has 0 rings (SSSR count). The molecular weight excluding hydrogens is 140 g/mol. The molecule has 0 atom stereocenters. The van der Waals surface area contributed by atoms with Gasteiger partial charge in [-0.15, -0.1) is 6.58 Å². The Bertz CT molecular complexity index is 81.6. The highest BCUT2D eigenvalue weighted by Crippen LogP contribution is 1.99. The molecule has 11 heavy (non-hydrogen) atoms. The van der Waals surface area contributed by atoms with E-state index in [1.54, 1.807) is 0 Å². The van der Waals surface area contributed by atoms with Crippen LogP contribution < -0.4 is 0 Å². The Balaban J connectivity index is 2.74. The van der Waals surface area contributed by atoms with E-state index in [0.717, 1.165) is 19.4 Å². The van der Waals surface area contributed by atoms with Gasteiger partial charge in [0.1, 0.15) is 0 Å². The van der Waals surface area contributed by atoms with E-state index in [4.69, 9.17) is 9.84 Å². The Morgan fingerprint density at radius 1 is 1.18 bits per heavy atom. The average Bonchev–Trinajstić information content (AvgIpc) is 2.03. The summed E-state index contributed by atoms with van der Waals surface area (Å²) in [5.74, 6) is 0. The maximum atomic E-state index is 8.37. The summed E-state index contributed by atoms with van der Waals surface area (Å²) in [4.78, 5) is 0. The zero-order valence-electron chi connectivity index (χ0n) is 7.09. The Morgan fingerprint density at radius 2 is 2.00 bits per heavy atom. The predicted molar refractivity (Wildman–Crippen MR) is 46.6 cm³/mol. The molecule has 0 spiro atoms. The molecule has 0 aromatic heterocycles. The number of aliphatic hydroxyl groups excluding tert-OH is 1. The van der Waals surface area contributed by atoms with Gasteiger partial charge in [-0.2, -0.15) is 0 Å². The third-order valence-corrected chi connectivity index (χ3v) is 1.43. The smallest absolute Gasteiger partial charge is 0.0697 e. The van der Waals surface area contributed by atoms with Crippen LogP contribution in [0.3, 0.4) is 0 Å². The van der Waals surface area contributed by atoms with Crippen LogP contribution in [0.5, 0.6) is 0 Å². The molecule has 66 valence electrons. The van der Waals surface area contributed by atoms with Gasteiger partial charge >= 0.3 is 0 Å². The van der Waals surface area contributed by atoms with Crippen molar-refractivity contribution in [1.29, 1.82) is 0 Å². The van der Waals surface area contributed by atoms with Crippen molar-refractivity contribution in [1.82, 2.24) is 0 Å². The number of hydrogen-bond acceptors (Lipinski definition) is 2. The van der Waals surface area contributed by atoms with E-state index in [1.165, 1.54) is 12.8 Å². The number of unbranched alkanes of at least 4 members (excludes halogenated alkanes) is 3. The van der Waals surface area contributed by atoms with Gasteiger partial charge in [0.25, 0.3) is 0 Å². The molecule has 0 fully saturated rings. The van der Waals surface area contributed by atoms with E-state index < -0.39 is 0 Å². The average molecular weight is 158 g/mol. The minimum absolute atomic E-state index is 0.132. The summed E-state index contributed by atoms with van der Waals surface area (Å²) < 4.78 is 5.09. The maximum Gasteiger partial charge on any atom is 0.0697 e. The number of aliphatic hydroxyl groups is 1. The highest BCUT2D eigenvalue weighted by Gasteiger charge is 1.87. The lowest BCUT2D eigenvalue weighted by Gasteiger charge is -2.00. The molecule has 0 aliphatic heterocycles. The van der Waals surface area contributed by atoms with Gasteiger partial charge in [-0.25, -0.2) is 0 Å². The summed E-state index contributed by atoms with van der Waals surface area (Å²) in [5, 5.41) is 8.37. The second-order valence-corrected chi connectivity index (χ2v) is 2.47. The van der Waals surface area contributed by atoms with E-state index in [0.29, 0.717) is 6.61 Å². The third-order valence-electron chi connectivity index (χ3n) is 1.43. The Hall–Kier alpha value is -0.340. The lowest BCUT2D eigenvalue weighted by atomic mass is 10.2. The summed E-state index contributed by atoms with van der Waals surface area (Å²) in [6.45, 7) is 5.02. The van der Waals surface area contributed by atoms with Gasteiger partial charge < -0.3 is 9.84 Å². The molecule has 0 heterocycles. The Morgan fingerprint density at radius 3 is 2.64 bits per heavy atom. The molecule has 0 saturated heterocycles. The second kappa shape index (κ2) is 9.66. The van der Waals surface area contributed by atoms with Crippen LogP contribution in [0.2, 0.25) is 0 Å². The minimum atomic E-state index is 0.132. The van der Waals surface area contributed by atoms with Crippen molar-refractivity contribution in [3.63, 3.8) is 0 Å². The van der Waals surface area contributed by atoms with Crippen molar-refractivity contribution in [3.8, 4) is 0 Å². The molecule has 1 N–H and O–H groups in total. The van der Waals surface area contributed by atoms with E-state index in [1.807, 2.05) is 6.08 Å². The third kappa shape index (κ3) is 9.66. The van der Waals surface area contributed by atoms with E-state index in [-0.39, 0.29) is 6.61 Å². The topological polar surface area (TPSA) is 29.5 Å². The molecule has 0 aromatic carbocycles. The molecule has 0 amide bonds. The van der Waals surface area contributed by atoms with Gasteiger partial charge in [-0.1, -0.05) is 12.5 Å². The molecule has 0 aromatic rings. The van der Waals surface area contributed by atoms with E-state index in [9.17, 15) is 0 Å². The quantitative estimate of drug-likeness (QED) is 0.430. The fourth-order valence-corrected chi connectivity index (χ4v) is 0.836. The number of allylic oxidation sites excluding steroid dienone is 1. The van der Waals surface area contributed by atoms with Crippen molar-refractivity contribution in [3.05, 3.63) is 12.7 Å².